The Balaban J connectivity index is 2.07. The molecule has 1 aliphatic heterocycles. The van der Waals surface area contributed by atoms with Gasteiger partial charge in [0.25, 0.3) is 6.48 Å². The lowest BCUT2D eigenvalue weighted by molar-refractivity contribution is -0.315. The summed E-state index contributed by atoms with van der Waals surface area (Å²) in [5.74, 6) is -1.15. The zero-order valence-corrected chi connectivity index (χ0v) is 19.0. The smallest absolute Gasteiger partial charge is 0.351 e. The van der Waals surface area contributed by atoms with Crippen LogP contribution in [0, 0.1) is 0 Å². The Morgan fingerprint density at radius 1 is 1.12 bits per heavy atom. The molecule has 0 radical (unpaired) electrons. The van der Waals surface area contributed by atoms with Crippen molar-refractivity contribution in [1.29, 1.82) is 0 Å². The van der Waals surface area contributed by atoms with Gasteiger partial charge in [0, 0.05) is 33.4 Å². The maximum absolute atomic E-state index is 12.5. The fraction of sp³-hybridized carbons (Fsp3) is 0.650. The van der Waals surface area contributed by atoms with Crippen molar-refractivity contribution < 1.29 is 42.8 Å². The van der Waals surface area contributed by atoms with Crippen LogP contribution in [0.1, 0.15) is 40.3 Å². The number of carbonyl (C=O) groups excluding carboxylic acids is 3. The predicted molar refractivity (Wildman–Crippen MR) is 111 cm³/mol. The van der Waals surface area contributed by atoms with Gasteiger partial charge in [-0.3, -0.25) is 19.0 Å². The van der Waals surface area contributed by atoms with Gasteiger partial charge < -0.3 is 33.7 Å². The van der Waals surface area contributed by atoms with Gasteiger partial charge >= 0.3 is 17.6 Å². The van der Waals surface area contributed by atoms with Crippen LogP contribution < -0.4 is 11.0 Å². The first-order valence-corrected chi connectivity index (χ1v) is 10.3. The minimum absolute atomic E-state index is 0.0154. The van der Waals surface area contributed by atoms with Crippen LogP contribution in [-0.2, 0) is 42.8 Å². The Kier molecular flexibility index (Phi) is 10.4. The van der Waals surface area contributed by atoms with Gasteiger partial charge in [0.05, 0.1) is 19.3 Å². The van der Waals surface area contributed by atoms with Gasteiger partial charge in [-0.2, -0.15) is 4.98 Å². The highest BCUT2D eigenvalue weighted by molar-refractivity contribution is 5.87. The summed E-state index contributed by atoms with van der Waals surface area (Å²) in [6, 6.07) is 1.47. The molecule has 0 aliphatic carbocycles. The largest absolute Gasteiger partial charge is 0.463 e. The summed E-state index contributed by atoms with van der Waals surface area (Å²) in [6.45, 7) is 4.40. The lowest BCUT2D eigenvalue weighted by atomic mass is 10.2. The molecule has 1 amide bonds. The number of hydrogen-bond donors (Lipinski definition) is 1. The monoisotopic (exact) mass is 471 g/mol. The maximum Gasteiger partial charge on any atom is 0.351 e. The molecule has 1 fully saturated rings. The van der Waals surface area contributed by atoms with E-state index in [1.165, 1.54) is 37.6 Å². The molecule has 0 aromatic carbocycles. The van der Waals surface area contributed by atoms with Crippen LogP contribution >= 0.6 is 0 Å². The molecule has 1 aromatic rings. The minimum Gasteiger partial charge on any atom is -0.463 e. The van der Waals surface area contributed by atoms with Crippen molar-refractivity contribution in [2.45, 2.75) is 59.0 Å². The van der Waals surface area contributed by atoms with Gasteiger partial charge in [0.1, 0.15) is 25.1 Å². The second-order valence-electron chi connectivity index (χ2n) is 7.14. The molecule has 2 heterocycles. The summed E-state index contributed by atoms with van der Waals surface area (Å²) in [6.07, 6.45) is 0.130. The molecule has 1 aromatic heterocycles. The number of nitrogens with one attached hydrogen (secondary N) is 1. The van der Waals surface area contributed by atoms with Crippen molar-refractivity contribution in [2.75, 3.05) is 31.7 Å². The summed E-state index contributed by atoms with van der Waals surface area (Å²) in [4.78, 5) is 49.4. The van der Waals surface area contributed by atoms with Crippen molar-refractivity contribution >= 4 is 23.7 Å². The third-order valence-electron chi connectivity index (χ3n) is 4.23. The zero-order chi connectivity index (χ0) is 24.4. The fourth-order valence-electron chi connectivity index (χ4n) is 2.98. The van der Waals surface area contributed by atoms with Crippen LogP contribution in [0.4, 0.5) is 5.82 Å². The Morgan fingerprint density at radius 2 is 1.73 bits per heavy atom. The number of nitrogens with zero attached hydrogens (tertiary/aromatic N) is 2. The van der Waals surface area contributed by atoms with E-state index in [9.17, 15) is 19.2 Å². The first-order valence-electron chi connectivity index (χ1n) is 10.3. The molecule has 3 atom stereocenters. The predicted octanol–water partition coefficient (Wildman–Crippen LogP) is 0.337. The SMILES string of the molecule is CC(=O)Nc1ccn([C@@H]2O[C@H](C)CC2OC(OCCOC(C)=O)OCCOC(C)=O)c(=O)n1. The molecule has 1 unspecified atom stereocenters. The van der Waals surface area contributed by atoms with Crippen LogP contribution in [0.15, 0.2) is 17.1 Å². The van der Waals surface area contributed by atoms with Gasteiger partial charge in [0.2, 0.25) is 5.91 Å². The lowest BCUT2D eigenvalue weighted by Gasteiger charge is -2.26. The molecule has 1 saturated heterocycles. The number of carbonyl (C=O) groups is 3. The first-order chi connectivity index (χ1) is 15.7. The van der Waals surface area contributed by atoms with Gasteiger partial charge in [-0.05, 0) is 13.0 Å². The van der Waals surface area contributed by atoms with Crippen LogP contribution in [0.25, 0.3) is 0 Å². The van der Waals surface area contributed by atoms with E-state index in [2.05, 4.69) is 10.3 Å². The van der Waals surface area contributed by atoms with Crippen molar-refractivity contribution in [1.82, 2.24) is 9.55 Å². The number of aromatic nitrogens is 2. The standard InChI is InChI=1S/C20H29N3O10/c1-12-11-16(18(32-12)23-6-5-17(21-13(2)24)22-19(23)27)33-20(30-9-7-28-14(3)25)31-10-8-29-15(4)26/h5-6,12,16,18,20H,7-11H2,1-4H3,(H,21,22,24,27)/t12-,16?,18-/m1/s1. The van der Waals surface area contributed by atoms with E-state index in [1.807, 2.05) is 6.92 Å². The number of anilines is 1. The quantitative estimate of drug-likeness (QED) is 0.255. The highest BCUT2D eigenvalue weighted by Crippen LogP contribution is 2.31. The third-order valence-corrected chi connectivity index (χ3v) is 4.23. The highest BCUT2D eigenvalue weighted by Gasteiger charge is 2.38. The summed E-state index contributed by atoms with van der Waals surface area (Å²) < 4.78 is 33.7. The lowest BCUT2D eigenvalue weighted by Crippen LogP contribution is -2.37. The topological polar surface area (TPSA) is 154 Å². The average molecular weight is 471 g/mol. The fourth-order valence-corrected chi connectivity index (χ4v) is 2.98. The molecule has 1 aliphatic rings. The van der Waals surface area contributed by atoms with E-state index in [0.717, 1.165) is 0 Å². The number of esters is 2. The Hall–Kier alpha value is -2.87. The number of hydrogen-bond acceptors (Lipinski definition) is 11. The van der Waals surface area contributed by atoms with E-state index in [-0.39, 0.29) is 44.3 Å². The minimum atomic E-state index is -1.21. The number of ether oxygens (including phenoxy) is 6. The summed E-state index contributed by atoms with van der Waals surface area (Å²) >= 11 is 0. The van der Waals surface area contributed by atoms with Gasteiger partial charge in [0.15, 0.2) is 6.23 Å². The van der Waals surface area contributed by atoms with Crippen LogP contribution in [0.5, 0.6) is 0 Å². The van der Waals surface area contributed by atoms with Gasteiger partial charge in [-0.15, -0.1) is 0 Å². The highest BCUT2D eigenvalue weighted by atomic mass is 16.9. The maximum atomic E-state index is 12.5. The molecule has 0 bridgehead atoms. The van der Waals surface area contributed by atoms with Gasteiger partial charge in [-0.25, -0.2) is 4.79 Å². The molecule has 33 heavy (non-hydrogen) atoms. The molecular formula is C20H29N3O10. The molecule has 13 heteroatoms. The van der Waals surface area contributed by atoms with Crippen molar-refractivity contribution in [3.8, 4) is 0 Å². The summed E-state index contributed by atoms with van der Waals surface area (Å²) in [5.41, 5.74) is -0.642. The van der Waals surface area contributed by atoms with Crippen molar-refractivity contribution in [2.24, 2.45) is 0 Å². The second kappa shape index (κ2) is 13.0. The van der Waals surface area contributed by atoms with E-state index in [0.29, 0.717) is 6.42 Å². The van der Waals surface area contributed by atoms with E-state index < -0.39 is 36.4 Å². The molecule has 1 N–H and O–H groups in total. The van der Waals surface area contributed by atoms with Crippen molar-refractivity contribution in [3.63, 3.8) is 0 Å². The van der Waals surface area contributed by atoms with E-state index >= 15 is 0 Å². The van der Waals surface area contributed by atoms with E-state index in [4.69, 9.17) is 28.4 Å². The third kappa shape index (κ3) is 9.26. The summed E-state index contributed by atoms with van der Waals surface area (Å²) in [5, 5.41) is 2.44. The Morgan fingerprint density at radius 3 is 2.24 bits per heavy atom. The van der Waals surface area contributed by atoms with Crippen molar-refractivity contribution in [3.05, 3.63) is 22.7 Å². The van der Waals surface area contributed by atoms with Crippen LogP contribution in [-0.4, -0.2) is 72.5 Å². The molecule has 0 saturated carbocycles. The van der Waals surface area contributed by atoms with Crippen LogP contribution in [0.2, 0.25) is 0 Å². The Bertz CT molecular complexity index is 852. The normalized spacial score (nSPS) is 20.0. The first kappa shape index (κ1) is 26.4. The van der Waals surface area contributed by atoms with Crippen LogP contribution in [0.3, 0.4) is 0 Å². The number of rotatable bonds is 12. The molecule has 184 valence electrons. The molecular weight excluding hydrogens is 442 g/mol. The van der Waals surface area contributed by atoms with Gasteiger partial charge in [-0.1, -0.05) is 0 Å². The zero-order valence-electron chi connectivity index (χ0n) is 19.0. The molecule has 2 rings (SSSR count). The second-order valence-corrected chi connectivity index (χ2v) is 7.14. The van der Waals surface area contributed by atoms with E-state index in [1.54, 1.807) is 0 Å². The molecule has 0 spiro atoms. The number of amides is 1. The molecule has 13 nitrogen and oxygen atoms in total. The average Bonchev–Trinajstić information content (AvgIpc) is 3.07. The Labute approximate surface area is 190 Å². The summed E-state index contributed by atoms with van der Waals surface area (Å²) in [7, 11) is 0.